The Morgan fingerprint density at radius 2 is 2.15 bits per heavy atom. The third-order valence-electron chi connectivity index (χ3n) is 3.55. The number of anilines is 1. The van der Waals surface area contributed by atoms with Crippen LogP contribution in [0.3, 0.4) is 0 Å². The van der Waals surface area contributed by atoms with Crippen LogP contribution in [0.5, 0.6) is 0 Å². The maximum absolute atomic E-state index is 12.0. The van der Waals surface area contributed by atoms with Gasteiger partial charge in [-0.15, -0.1) is 0 Å². The summed E-state index contributed by atoms with van der Waals surface area (Å²) in [7, 11) is 0. The van der Waals surface area contributed by atoms with Gasteiger partial charge in [0.05, 0.1) is 0 Å². The Bertz CT molecular complexity index is 591. The Kier molecular flexibility index (Phi) is 3.78. The second-order valence-corrected chi connectivity index (χ2v) is 4.99. The van der Waals surface area contributed by atoms with Crippen molar-refractivity contribution in [1.29, 1.82) is 0 Å². The number of nitrogens with one attached hydrogen (secondary N) is 3. The number of rotatable bonds is 4. The van der Waals surface area contributed by atoms with Crippen molar-refractivity contribution in [3.8, 4) is 0 Å². The molecule has 3 N–H and O–H groups in total. The average molecular weight is 270 g/mol. The molecule has 0 saturated heterocycles. The molecule has 1 aliphatic rings. The second-order valence-electron chi connectivity index (χ2n) is 4.99. The van der Waals surface area contributed by atoms with Crippen molar-refractivity contribution >= 4 is 11.7 Å². The normalized spacial score (nSPS) is 13.8. The van der Waals surface area contributed by atoms with Crippen molar-refractivity contribution in [2.45, 2.75) is 25.8 Å². The van der Waals surface area contributed by atoms with E-state index in [1.165, 1.54) is 5.56 Å². The highest BCUT2D eigenvalue weighted by Crippen LogP contribution is 2.19. The Balaban J connectivity index is 1.58. The van der Waals surface area contributed by atoms with Crippen LogP contribution >= 0.6 is 0 Å². The number of aryl methyl sites for hydroxylation is 1. The third-order valence-corrected chi connectivity index (χ3v) is 3.55. The van der Waals surface area contributed by atoms with Crippen molar-refractivity contribution < 1.29 is 4.79 Å². The van der Waals surface area contributed by atoms with Gasteiger partial charge in [0.1, 0.15) is 0 Å². The fourth-order valence-electron chi connectivity index (χ4n) is 2.43. The molecular weight excluding hydrogens is 252 g/mol. The first-order valence-corrected chi connectivity index (χ1v) is 6.93. The van der Waals surface area contributed by atoms with Crippen LogP contribution in [0.1, 0.15) is 23.2 Å². The Morgan fingerprint density at radius 1 is 1.30 bits per heavy atom. The van der Waals surface area contributed by atoms with Gasteiger partial charge in [-0.1, -0.05) is 30.3 Å². The summed E-state index contributed by atoms with van der Waals surface area (Å²) < 4.78 is 0. The minimum Gasteiger partial charge on any atom is -0.312 e. The lowest BCUT2D eigenvalue weighted by Gasteiger charge is -2.13. The summed E-state index contributed by atoms with van der Waals surface area (Å²) in [6, 6.07) is 10.0. The Morgan fingerprint density at radius 3 is 3.00 bits per heavy atom. The Hall–Kier alpha value is -2.14. The van der Waals surface area contributed by atoms with Gasteiger partial charge in [0, 0.05) is 37.2 Å². The minimum absolute atomic E-state index is 0.00808. The van der Waals surface area contributed by atoms with Gasteiger partial charge >= 0.3 is 0 Å². The van der Waals surface area contributed by atoms with Crippen molar-refractivity contribution in [2.24, 2.45) is 0 Å². The lowest BCUT2D eigenvalue weighted by Crippen LogP contribution is -2.24. The average Bonchev–Trinajstić information content (AvgIpc) is 2.90. The van der Waals surface area contributed by atoms with Crippen LogP contribution in [0, 0.1) is 0 Å². The van der Waals surface area contributed by atoms with Crippen LogP contribution < -0.4 is 10.6 Å². The molecule has 2 heterocycles. The smallest absolute Gasteiger partial charge is 0.225 e. The van der Waals surface area contributed by atoms with E-state index in [-0.39, 0.29) is 5.91 Å². The second kappa shape index (κ2) is 5.88. The summed E-state index contributed by atoms with van der Waals surface area (Å²) in [6.45, 7) is 1.72. The first-order valence-electron chi connectivity index (χ1n) is 6.93. The van der Waals surface area contributed by atoms with Crippen molar-refractivity contribution in [3.05, 3.63) is 47.2 Å². The summed E-state index contributed by atoms with van der Waals surface area (Å²) in [4.78, 5) is 12.0. The number of hydrogen-bond acceptors (Lipinski definition) is 3. The molecule has 0 atom stereocenters. The van der Waals surface area contributed by atoms with E-state index < -0.39 is 0 Å². The molecule has 1 aliphatic heterocycles. The SMILES string of the molecule is O=C(CCc1ccccc1)Nc1n[nH]c2c1CNCC2. The van der Waals surface area contributed by atoms with Crippen molar-refractivity contribution in [3.63, 3.8) is 0 Å². The predicted molar refractivity (Wildman–Crippen MR) is 77.4 cm³/mol. The van der Waals surface area contributed by atoms with E-state index in [4.69, 9.17) is 0 Å². The number of benzene rings is 1. The molecule has 5 heteroatoms. The molecule has 3 rings (SSSR count). The van der Waals surface area contributed by atoms with E-state index >= 15 is 0 Å². The number of H-pyrrole nitrogens is 1. The fourth-order valence-corrected chi connectivity index (χ4v) is 2.43. The van der Waals surface area contributed by atoms with E-state index in [2.05, 4.69) is 20.8 Å². The van der Waals surface area contributed by atoms with Crippen LogP contribution in [0.25, 0.3) is 0 Å². The number of carbonyl (C=O) groups is 1. The van der Waals surface area contributed by atoms with Gasteiger partial charge in [0.25, 0.3) is 0 Å². The van der Waals surface area contributed by atoms with Crippen LogP contribution in [-0.4, -0.2) is 22.6 Å². The number of fused-ring (bicyclic) bond motifs is 1. The molecule has 1 aromatic heterocycles. The summed E-state index contributed by atoms with van der Waals surface area (Å²) in [5.74, 6) is 0.680. The summed E-state index contributed by atoms with van der Waals surface area (Å²) in [5, 5.41) is 13.4. The molecule has 0 unspecified atom stereocenters. The molecule has 0 bridgehead atoms. The van der Waals surface area contributed by atoms with Crippen molar-refractivity contribution in [2.75, 3.05) is 11.9 Å². The van der Waals surface area contributed by atoms with Gasteiger partial charge < -0.3 is 10.6 Å². The maximum atomic E-state index is 12.0. The number of carbonyl (C=O) groups excluding carboxylic acids is 1. The molecule has 104 valence electrons. The molecule has 1 amide bonds. The molecule has 0 spiro atoms. The number of hydrogen-bond donors (Lipinski definition) is 3. The molecule has 20 heavy (non-hydrogen) atoms. The van der Waals surface area contributed by atoms with Crippen LogP contribution in [0.2, 0.25) is 0 Å². The van der Waals surface area contributed by atoms with Crippen LogP contribution in [0.15, 0.2) is 30.3 Å². The molecular formula is C15H18N4O. The number of nitrogens with zero attached hydrogens (tertiary/aromatic N) is 1. The third kappa shape index (κ3) is 2.88. The molecule has 5 nitrogen and oxygen atoms in total. The minimum atomic E-state index is 0.00808. The highest BCUT2D eigenvalue weighted by Gasteiger charge is 2.17. The van der Waals surface area contributed by atoms with E-state index in [1.807, 2.05) is 30.3 Å². The topological polar surface area (TPSA) is 69.8 Å². The van der Waals surface area contributed by atoms with E-state index in [0.29, 0.717) is 12.2 Å². The van der Waals surface area contributed by atoms with Crippen LogP contribution in [-0.2, 0) is 24.2 Å². The van der Waals surface area contributed by atoms with Crippen molar-refractivity contribution in [1.82, 2.24) is 15.5 Å². The molecule has 2 aromatic rings. The lowest BCUT2D eigenvalue weighted by molar-refractivity contribution is -0.116. The van der Waals surface area contributed by atoms with Crippen LogP contribution in [0.4, 0.5) is 5.82 Å². The lowest BCUT2D eigenvalue weighted by atomic mass is 10.1. The zero-order valence-corrected chi connectivity index (χ0v) is 11.3. The zero-order chi connectivity index (χ0) is 13.8. The summed E-state index contributed by atoms with van der Waals surface area (Å²) >= 11 is 0. The van der Waals surface area contributed by atoms with Gasteiger partial charge in [-0.25, -0.2) is 0 Å². The molecule has 0 radical (unpaired) electrons. The number of aromatic nitrogens is 2. The summed E-state index contributed by atoms with van der Waals surface area (Å²) in [5.41, 5.74) is 3.39. The highest BCUT2D eigenvalue weighted by atomic mass is 16.1. The monoisotopic (exact) mass is 270 g/mol. The zero-order valence-electron chi connectivity index (χ0n) is 11.3. The summed E-state index contributed by atoms with van der Waals surface area (Å²) in [6.07, 6.45) is 2.15. The Labute approximate surface area is 117 Å². The number of amides is 1. The van der Waals surface area contributed by atoms with Gasteiger partial charge in [-0.2, -0.15) is 5.10 Å². The van der Waals surface area contributed by atoms with Gasteiger partial charge in [0.15, 0.2) is 5.82 Å². The quantitative estimate of drug-likeness (QED) is 0.791. The van der Waals surface area contributed by atoms with E-state index in [9.17, 15) is 4.79 Å². The van der Waals surface area contributed by atoms with Gasteiger partial charge in [-0.3, -0.25) is 9.89 Å². The first-order chi connectivity index (χ1) is 9.83. The first kappa shape index (κ1) is 12.9. The number of aromatic amines is 1. The largest absolute Gasteiger partial charge is 0.312 e. The van der Waals surface area contributed by atoms with E-state index in [0.717, 1.165) is 37.2 Å². The molecule has 1 aromatic carbocycles. The highest BCUT2D eigenvalue weighted by molar-refractivity contribution is 5.90. The predicted octanol–water partition coefficient (Wildman–Crippen LogP) is 1.63. The maximum Gasteiger partial charge on any atom is 0.225 e. The standard InChI is InChI=1S/C15H18N4O/c20-14(7-6-11-4-2-1-3-5-11)17-15-12-10-16-9-8-13(12)18-19-15/h1-5,16H,6-10H2,(H2,17,18,19,20). The molecule has 0 fully saturated rings. The molecule has 0 saturated carbocycles. The fraction of sp³-hybridized carbons (Fsp3) is 0.333. The van der Waals surface area contributed by atoms with Gasteiger partial charge in [0.2, 0.25) is 5.91 Å². The van der Waals surface area contributed by atoms with E-state index in [1.54, 1.807) is 0 Å². The molecule has 0 aliphatic carbocycles. The van der Waals surface area contributed by atoms with Gasteiger partial charge in [-0.05, 0) is 12.0 Å².